The standard InChI is InChI=1S/C6H9BrNS.BrH/c1-4-5(2)9-6(7)8(4)3;/h1-3H3;1H/q+1;/p-1. The summed E-state index contributed by atoms with van der Waals surface area (Å²) >= 11 is 5.22. The molecule has 0 aliphatic rings. The van der Waals surface area contributed by atoms with Crippen LogP contribution in [0.5, 0.6) is 0 Å². The van der Waals surface area contributed by atoms with Gasteiger partial charge in [0.2, 0.25) is 0 Å². The Bertz CT molecular complexity index is 209. The van der Waals surface area contributed by atoms with Gasteiger partial charge in [-0.1, -0.05) is 11.3 Å². The molecular formula is C6H9Br2NS. The summed E-state index contributed by atoms with van der Waals surface area (Å²) in [5.74, 6) is 0. The molecule has 0 radical (unpaired) electrons. The highest BCUT2D eigenvalue weighted by atomic mass is 79.9. The van der Waals surface area contributed by atoms with Gasteiger partial charge in [-0.2, -0.15) is 4.57 Å². The Morgan fingerprint density at radius 3 is 2.00 bits per heavy atom. The number of aryl methyl sites for hydroxylation is 1. The largest absolute Gasteiger partial charge is 1.00 e. The van der Waals surface area contributed by atoms with E-state index in [0.717, 1.165) is 0 Å². The van der Waals surface area contributed by atoms with E-state index in [1.165, 1.54) is 14.5 Å². The number of nitrogens with zero attached hydrogens (tertiary/aromatic N) is 1. The lowest BCUT2D eigenvalue weighted by atomic mass is 10.4. The van der Waals surface area contributed by atoms with Crippen LogP contribution in [0, 0.1) is 13.8 Å². The van der Waals surface area contributed by atoms with Gasteiger partial charge in [0.25, 0.3) is 0 Å². The molecule has 10 heavy (non-hydrogen) atoms. The van der Waals surface area contributed by atoms with Crippen molar-refractivity contribution in [2.75, 3.05) is 0 Å². The van der Waals surface area contributed by atoms with Crippen LogP contribution in [-0.2, 0) is 7.05 Å². The van der Waals surface area contributed by atoms with Crippen molar-refractivity contribution < 1.29 is 21.5 Å². The molecule has 0 N–H and O–H groups in total. The van der Waals surface area contributed by atoms with Gasteiger partial charge < -0.3 is 17.0 Å². The second-order valence-corrected chi connectivity index (χ2v) is 4.53. The van der Waals surface area contributed by atoms with Gasteiger partial charge in [-0.15, -0.1) is 0 Å². The van der Waals surface area contributed by atoms with Crippen LogP contribution in [0.1, 0.15) is 10.6 Å². The zero-order valence-electron chi connectivity index (χ0n) is 6.11. The minimum Gasteiger partial charge on any atom is -1.00 e. The Morgan fingerprint density at radius 2 is 1.90 bits per heavy atom. The fraction of sp³-hybridized carbons (Fsp3) is 0.500. The number of rotatable bonds is 0. The second-order valence-electron chi connectivity index (χ2n) is 2.06. The summed E-state index contributed by atoms with van der Waals surface area (Å²) in [4.78, 5) is 1.38. The minimum atomic E-state index is 0. The first-order valence-electron chi connectivity index (χ1n) is 2.74. The maximum absolute atomic E-state index is 3.45. The summed E-state index contributed by atoms with van der Waals surface area (Å²) in [7, 11) is 2.06. The Morgan fingerprint density at radius 1 is 1.40 bits per heavy atom. The second kappa shape index (κ2) is 3.83. The lowest BCUT2D eigenvalue weighted by Gasteiger charge is -1.81. The number of hydrogen-bond acceptors (Lipinski definition) is 1. The summed E-state index contributed by atoms with van der Waals surface area (Å²) in [6, 6.07) is 0. The van der Waals surface area contributed by atoms with Gasteiger partial charge in [0.05, 0.1) is 4.88 Å². The van der Waals surface area contributed by atoms with Crippen LogP contribution in [0.3, 0.4) is 0 Å². The number of halogens is 2. The molecule has 0 saturated carbocycles. The number of aromatic nitrogens is 1. The fourth-order valence-electron chi connectivity index (χ4n) is 0.637. The highest BCUT2D eigenvalue weighted by Crippen LogP contribution is 2.18. The van der Waals surface area contributed by atoms with Crippen LogP contribution in [-0.4, -0.2) is 0 Å². The SMILES string of the molecule is Cc1sc(Br)[n+](C)c1C.[Br-]. The molecule has 1 nitrogen and oxygen atoms in total. The Kier molecular flexibility index (Phi) is 4.06. The zero-order chi connectivity index (χ0) is 7.02. The van der Waals surface area contributed by atoms with E-state index in [1.54, 1.807) is 11.3 Å². The molecule has 58 valence electrons. The Hall–Kier alpha value is 0.590. The van der Waals surface area contributed by atoms with Crippen molar-refractivity contribution >= 4 is 27.3 Å². The van der Waals surface area contributed by atoms with Crippen molar-refractivity contribution in [3.63, 3.8) is 0 Å². The highest BCUT2D eigenvalue weighted by molar-refractivity contribution is 9.11. The third-order valence-corrected chi connectivity index (χ3v) is 3.58. The van der Waals surface area contributed by atoms with Gasteiger partial charge in [0.15, 0.2) is 5.69 Å². The van der Waals surface area contributed by atoms with E-state index in [2.05, 4.69) is 41.4 Å². The van der Waals surface area contributed by atoms with Gasteiger partial charge in [-0.3, -0.25) is 0 Å². The molecule has 0 aromatic carbocycles. The van der Waals surface area contributed by atoms with E-state index in [1.807, 2.05) is 0 Å². The average molecular weight is 287 g/mol. The van der Waals surface area contributed by atoms with E-state index in [-0.39, 0.29) is 17.0 Å². The quantitative estimate of drug-likeness (QED) is 0.537. The van der Waals surface area contributed by atoms with E-state index >= 15 is 0 Å². The first kappa shape index (κ1) is 10.6. The van der Waals surface area contributed by atoms with Crippen LogP contribution in [0.25, 0.3) is 0 Å². The van der Waals surface area contributed by atoms with Gasteiger partial charge in [-0.25, -0.2) is 0 Å². The maximum atomic E-state index is 3.45. The molecule has 0 aliphatic heterocycles. The predicted octanol–water partition coefficient (Wildman–Crippen LogP) is -1.04. The molecule has 0 bridgehead atoms. The molecule has 1 heterocycles. The number of thiazole rings is 1. The van der Waals surface area contributed by atoms with Crippen molar-refractivity contribution in [3.8, 4) is 0 Å². The topological polar surface area (TPSA) is 3.88 Å². The summed E-state index contributed by atoms with van der Waals surface area (Å²) in [5, 5.41) is 0. The van der Waals surface area contributed by atoms with Crippen molar-refractivity contribution in [2.24, 2.45) is 7.05 Å². The minimum absolute atomic E-state index is 0. The van der Waals surface area contributed by atoms with Gasteiger partial charge in [-0.05, 0) is 6.92 Å². The molecule has 0 unspecified atom stereocenters. The van der Waals surface area contributed by atoms with Crippen molar-refractivity contribution in [1.82, 2.24) is 0 Å². The molecule has 0 aliphatic carbocycles. The summed E-state index contributed by atoms with van der Waals surface area (Å²) in [5.41, 5.74) is 1.34. The smallest absolute Gasteiger partial charge is 0.304 e. The lowest BCUT2D eigenvalue weighted by Crippen LogP contribution is -3.00. The Labute approximate surface area is 84.0 Å². The van der Waals surface area contributed by atoms with Crippen LogP contribution < -0.4 is 21.5 Å². The molecule has 0 amide bonds. The van der Waals surface area contributed by atoms with E-state index in [4.69, 9.17) is 0 Å². The lowest BCUT2D eigenvalue weighted by molar-refractivity contribution is -0.683. The van der Waals surface area contributed by atoms with Crippen molar-refractivity contribution in [2.45, 2.75) is 13.8 Å². The normalized spacial score (nSPS) is 9.20. The maximum Gasteiger partial charge on any atom is 0.304 e. The van der Waals surface area contributed by atoms with Crippen LogP contribution in [0.15, 0.2) is 3.92 Å². The summed E-state index contributed by atoms with van der Waals surface area (Å²) < 4.78 is 3.33. The molecule has 0 atom stereocenters. The third kappa shape index (κ3) is 1.80. The fourth-order valence-corrected chi connectivity index (χ4v) is 2.44. The van der Waals surface area contributed by atoms with E-state index in [0.29, 0.717) is 0 Å². The molecule has 1 aromatic heterocycles. The zero-order valence-corrected chi connectivity index (χ0v) is 10.1. The van der Waals surface area contributed by atoms with Gasteiger partial charge >= 0.3 is 3.92 Å². The van der Waals surface area contributed by atoms with E-state index in [9.17, 15) is 0 Å². The van der Waals surface area contributed by atoms with Crippen LogP contribution >= 0.6 is 27.3 Å². The molecular weight excluding hydrogens is 278 g/mol. The highest BCUT2D eigenvalue weighted by Gasteiger charge is 2.12. The van der Waals surface area contributed by atoms with Crippen molar-refractivity contribution in [3.05, 3.63) is 14.5 Å². The molecule has 0 fully saturated rings. The molecule has 1 rings (SSSR count). The molecule has 0 spiro atoms. The van der Waals surface area contributed by atoms with E-state index < -0.39 is 0 Å². The van der Waals surface area contributed by atoms with Gasteiger partial charge in [0, 0.05) is 22.9 Å². The molecule has 0 saturated heterocycles. The molecule has 1 aromatic rings. The monoisotopic (exact) mass is 285 g/mol. The Balaban J connectivity index is 0.000000810. The first-order valence-corrected chi connectivity index (χ1v) is 4.35. The van der Waals surface area contributed by atoms with Crippen molar-refractivity contribution in [1.29, 1.82) is 0 Å². The predicted molar refractivity (Wildman–Crippen MR) is 42.7 cm³/mol. The summed E-state index contributed by atoms with van der Waals surface area (Å²) in [6.45, 7) is 4.25. The third-order valence-electron chi connectivity index (χ3n) is 1.51. The van der Waals surface area contributed by atoms with Gasteiger partial charge in [0.1, 0.15) is 7.05 Å². The molecule has 4 heteroatoms. The van der Waals surface area contributed by atoms with Crippen LogP contribution in [0.2, 0.25) is 0 Å². The first-order chi connectivity index (χ1) is 4.13. The van der Waals surface area contributed by atoms with Crippen LogP contribution in [0.4, 0.5) is 0 Å². The average Bonchev–Trinajstić information content (AvgIpc) is 1.98. The number of hydrogen-bond donors (Lipinski definition) is 0. The summed E-state index contributed by atoms with van der Waals surface area (Å²) in [6.07, 6.45) is 0.